The summed E-state index contributed by atoms with van der Waals surface area (Å²) in [7, 11) is 1.62. The van der Waals surface area contributed by atoms with Gasteiger partial charge in [0.05, 0.1) is 19.9 Å². The average molecular weight is 396 g/mol. The molecule has 0 radical (unpaired) electrons. The summed E-state index contributed by atoms with van der Waals surface area (Å²) in [4.78, 5) is 24.8. The van der Waals surface area contributed by atoms with Crippen LogP contribution in [0.2, 0.25) is 0 Å². The molecule has 0 unspecified atom stereocenters. The van der Waals surface area contributed by atoms with E-state index in [9.17, 15) is 9.59 Å². The molecular formula is C21H24N4O4. The average Bonchev–Trinajstić information content (AvgIpc) is 3.31. The molecule has 0 aliphatic heterocycles. The summed E-state index contributed by atoms with van der Waals surface area (Å²) in [6.07, 6.45) is 4.55. The van der Waals surface area contributed by atoms with Crippen LogP contribution in [-0.4, -0.2) is 33.9 Å². The molecule has 8 heteroatoms. The van der Waals surface area contributed by atoms with Crippen LogP contribution in [-0.2, 0) is 17.8 Å². The number of rotatable bonds is 9. The van der Waals surface area contributed by atoms with E-state index in [0.717, 1.165) is 24.2 Å². The molecule has 1 amide bonds. The topological polar surface area (TPSA) is 91.3 Å². The third-order valence-corrected chi connectivity index (χ3v) is 4.97. The normalized spacial score (nSPS) is 13.4. The zero-order valence-electron chi connectivity index (χ0n) is 16.3. The maximum absolute atomic E-state index is 12.7. The molecule has 3 aromatic rings. The first-order valence-electron chi connectivity index (χ1n) is 9.78. The second-order valence-electron chi connectivity index (χ2n) is 7.11. The number of nitrogens with zero attached hydrogens (tertiary/aromatic N) is 3. The molecule has 0 bridgehead atoms. The molecule has 29 heavy (non-hydrogen) atoms. The van der Waals surface area contributed by atoms with Gasteiger partial charge in [0.15, 0.2) is 5.76 Å². The lowest BCUT2D eigenvalue weighted by Gasteiger charge is -2.06. The lowest BCUT2D eigenvalue weighted by Crippen LogP contribution is -2.32. The number of aryl methyl sites for hydroxylation is 1. The lowest BCUT2D eigenvalue weighted by molar-refractivity contribution is -0.121. The van der Waals surface area contributed by atoms with Crippen molar-refractivity contribution in [1.82, 2.24) is 19.7 Å². The SMILES string of the molecule is COc1ccc(CCC(=O)NCCn2nc(-c3ccco3)n(C3CC3)c2=O)cc1. The summed E-state index contributed by atoms with van der Waals surface area (Å²) in [5.41, 5.74) is 0.912. The van der Waals surface area contributed by atoms with Crippen LogP contribution in [0.1, 0.15) is 30.9 Å². The quantitative estimate of drug-likeness (QED) is 0.600. The molecule has 2 aromatic heterocycles. The van der Waals surface area contributed by atoms with Gasteiger partial charge in [-0.1, -0.05) is 12.1 Å². The van der Waals surface area contributed by atoms with Crippen LogP contribution < -0.4 is 15.7 Å². The van der Waals surface area contributed by atoms with Gasteiger partial charge >= 0.3 is 5.69 Å². The van der Waals surface area contributed by atoms with E-state index in [1.807, 2.05) is 24.3 Å². The Balaban J connectivity index is 1.31. The number of furan rings is 1. The van der Waals surface area contributed by atoms with Crippen molar-refractivity contribution in [2.24, 2.45) is 0 Å². The Labute approximate surface area is 168 Å². The van der Waals surface area contributed by atoms with Crippen molar-refractivity contribution in [2.75, 3.05) is 13.7 Å². The molecule has 0 saturated heterocycles. The largest absolute Gasteiger partial charge is 0.497 e. The Bertz CT molecular complexity index is 1010. The Morgan fingerprint density at radius 1 is 1.28 bits per heavy atom. The smallest absolute Gasteiger partial charge is 0.346 e. The summed E-state index contributed by atoms with van der Waals surface area (Å²) in [5.74, 6) is 1.87. The van der Waals surface area contributed by atoms with Gasteiger partial charge in [0.1, 0.15) is 5.75 Å². The van der Waals surface area contributed by atoms with Gasteiger partial charge in [0.25, 0.3) is 0 Å². The van der Waals surface area contributed by atoms with Gasteiger partial charge in [-0.2, -0.15) is 0 Å². The fourth-order valence-electron chi connectivity index (χ4n) is 3.24. The van der Waals surface area contributed by atoms with Gasteiger partial charge in [0.2, 0.25) is 11.7 Å². The number of amides is 1. The molecule has 2 heterocycles. The van der Waals surface area contributed by atoms with Crippen LogP contribution in [0.3, 0.4) is 0 Å². The number of hydrogen-bond acceptors (Lipinski definition) is 5. The van der Waals surface area contributed by atoms with Crippen LogP contribution in [0.5, 0.6) is 5.75 Å². The molecule has 1 fully saturated rings. The molecular weight excluding hydrogens is 372 g/mol. The second kappa shape index (κ2) is 8.38. The van der Waals surface area contributed by atoms with Crippen LogP contribution in [0.15, 0.2) is 51.9 Å². The Hall–Kier alpha value is -3.29. The van der Waals surface area contributed by atoms with E-state index in [1.54, 1.807) is 30.1 Å². The predicted molar refractivity (Wildman–Crippen MR) is 107 cm³/mol. The molecule has 4 rings (SSSR count). The maximum Gasteiger partial charge on any atom is 0.346 e. The van der Waals surface area contributed by atoms with Gasteiger partial charge in [-0.15, -0.1) is 5.10 Å². The van der Waals surface area contributed by atoms with Crippen molar-refractivity contribution in [3.8, 4) is 17.3 Å². The third-order valence-electron chi connectivity index (χ3n) is 4.97. The van der Waals surface area contributed by atoms with E-state index >= 15 is 0 Å². The minimum atomic E-state index is -0.161. The Morgan fingerprint density at radius 2 is 2.07 bits per heavy atom. The van der Waals surface area contributed by atoms with E-state index in [0.29, 0.717) is 37.5 Å². The highest BCUT2D eigenvalue weighted by molar-refractivity contribution is 5.76. The van der Waals surface area contributed by atoms with Crippen LogP contribution in [0.25, 0.3) is 11.6 Å². The van der Waals surface area contributed by atoms with E-state index in [1.165, 1.54) is 4.68 Å². The standard InChI is InChI=1S/C21H24N4O4/c1-28-17-9-4-15(5-10-17)6-11-19(26)22-12-13-24-21(27)25(16-7-8-16)20(23-24)18-3-2-14-29-18/h2-5,9-10,14,16H,6-8,11-13H2,1H3,(H,22,26). The number of methoxy groups -OCH3 is 1. The summed E-state index contributed by atoms with van der Waals surface area (Å²) in [6.45, 7) is 0.668. The fraction of sp³-hybridized carbons (Fsp3) is 0.381. The Kier molecular flexibility index (Phi) is 5.50. The highest BCUT2D eigenvalue weighted by atomic mass is 16.5. The molecule has 1 saturated carbocycles. The van der Waals surface area contributed by atoms with Crippen molar-refractivity contribution in [1.29, 1.82) is 0 Å². The lowest BCUT2D eigenvalue weighted by atomic mass is 10.1. The van der Waals surface area contributed by atoms with Gasteiger partial charge in [-0.3, -0.25) is 9.36 Å². The highest BCUT2D eigenvalue weighted by Gasteiger charge is 2.31. The zero-order chi connectivity index (χ0) is 20.2. The van der Waals surface area contributed by atoms with Gasteiger partial charge in [0, 0.05) is 19.0 Å². The summed E-state index contributed by atoms with van der Waals surface area (Å²) in [5, 5.41) is 7.29. The van der Waals surface area contributed by atoms with Crippen LogP contribution >= 0.6 is 0 Å². The summed E-state index contributed by atoms with van der Waals surface area (Å²) in [6, 6.07) is 11.4. The van der Waals surface area contributed by atoms with E-state index in [2.05, 4.69) is 10.4 Å². The van der Waals surface area contributed by atoms with Crippen molar-refractivity contribution in [3.63, 3.8) is 0 Å². The first-order chi connectivity index (χ1) is 14.2. The number of ether oxygens (including phenoxy) is 1. The number of carbonyl (C=O) groups excluding carboxylic acids is 1. The first-order valence-corrected chi connectivity index (χ1v) is 9.78. The third kappa shape index (κ3) is 4.42. The van der Waals surface area contributed by atoms with E-state index < -0.39 is 0 Å². The predicted octanol–water partition coefficient (Wildman–Crippen LogP) is 2.40. The minimum Gasteiger partial charge on any atom is -0.497 e. The molecule has 1 aromatic carbocycles. The maximum atomic E-state index is 12.7. The van der Waals surface area contributed by atoms with Crippen molar-refractivity contribution < 1.29 is 13.9 Å². The van der Waals surface area contributed by atoms with Crippen molar-refractivity contribution in [2.45, 2.75) is 38.3 Å². The van der Waals surface area contributed by atoms with Crippen LogP contribution in [0, 0.1) is 0 Å². The molecule has 152 valence electrons. The summed E-state index contributed by atoms with van der Waals surface area (Å²) >= 11 is 0. The number of nitrogens with one attached hydrogen (secondary N) is 1. The number of hydrogen-bond donors (Lipinski definition) is 1. The van der Waals surface area contributed by atoms with E-state index in [4.69, 9.17) is 9.15 Å². The monoisotopic (exact) mass is 396 g/mol. The molecule has 0 spiro atoms. The molecule has 1 aliphatic rings. The fourth-order valence-corrected chi connectivity index (χ4v) is 3.24. The molecule has 1 N–H and O–H groups in total. The van der Waals surface area contributed by atoms with Crippen LogP contribution in [0.4, 0.5) is 0 Å². The second-order valence-corrected chi connectivity index (χ2v) is 7.11. The van der Waals surface area contributed by atoms with Gasteiger partial charge in [-0.25, -0.2) is 9.48 Å². The zero-order valence-corrected chi connectivity index (χ0v) is 16.3. The molecule has 1 aliphatic carbocycles. The number of aromatic nitrogens is 3. The minimum absolute atomic E-state index is 0.0539. The number of benzene rings is 1. The Morgan fingerprint density at radius 3 is 2.72 bits per heavy atom. The van der Waals surface area contributed by atoms with Crippen molar-refractivity contribution in [3.05, 3.63) is 58.7 Å². The highest BCUT2D eigenvalue weighted by Crippen LogP contribution is 2.36. The molecule has 0 atom stereocenters. The van der Waals surface area contributed by atoms with E-state index in [-0.39, 0.29) is 17.6 Å². The number of carbonyl (C=O) groups is 1. The van der Waals surface area contributed by atoms with Crippen molar-refractivity contribution >= 4 is 5.91 Å². The van der Waals surface area contributed by atoms with Gasteiger partial charge < -0.3 is 14.5 Å². The first kappa shape index (κ1) is 19.0. The summed E-state index contributed by atoms with van der Waals surface area (Å²) < 4.78 is 13.7. The van der Waals surface area contributed by atoms with Gasteiger partial charge in [-0.05, 0) is 49.1 Å². The molecule has 8 nitrogen and oxygen atoms in total.